The van der Waals surface area contributed by atoms with E-state index in [4.69, 9.17) is 0 Å². The van der Waals surface area contributed by atoms with E-state index in [1.165, 1.54) is 74.7 Å². The normalized spacial score (nSPS) is 11.4. The average Bonchev–Trinajstić information content (AvgIpc) is 3.95. The van der Waals surface area contributed by atoms with Gasteiger partial charge in [0.05, 0.1) is 11.0 Å². The summed E-state index contributed by atoms with van der Waals surface area (Å²) in [6, 6.07) is 45.9. The van der Waals surface area contributed by atoms with Gasteiger partial charge in [0, 0.05) is 53.0 Å². The Morgan fingerprint density at radius 1 is 0.500 bits per heavy atom. The van der Waals surface area contributed by atoms with Crippen LogP contribution in [0.2, 0.25) is 0 Å². The number of thiophene rings is 2. The molecular weight excluding hydrogens is 717 g/mol. The Hall–Kier alpha value is -5.42. The Morgan fingerprint density at radius 2 is 0.893 bits per heavy atom. The number of anilines is 3. The third-order valence-corrected chi connectivity index (χ3v) is 13.6. The lowest BCUT2D eigenvalue weighted by atomic mass is 10.0. The first kappa shape index (κ1) is 37.5. The van der Waals surface area contributed by atoms with Crippen molar-refractivity contribution in [2.24, 2.45) is 0 Å². The lowest BCUT2D eigenvalue weighted by Crippen LogP contribution is -2.10. The molecule has 0 unspecified atom stereocenters. The van der Waals surface area contributed by atoms with Gasteiger partial charge < -0.3 is 9.47 Å². The van der Waals surface area contributed by atoms with Gasteiger partial charge in [-0.25, -0.2) is 0 Å². The molecule has 0 fully saturated rings. The van der Waals surface area contributed by atoms with E-state index < -0.39 is 0 Å². The molecular formula is C52H50N2S2. The predicted molar refractivity (Wildman–Crippen MR) is 247 cm³/mol. The van der Waals surface area contributed by atoms with Crippen molar-refractivity contribution in [3.05, 3.63) is 179 Å². The van der Waals surface area contributed by atoms with Crippen molar-refractivity contribution in [1.82, 2.24) is 4.57 Å². The highest BCUT2D eigenvalue weighted by molar-refractivity contribution is 7.15. The molecule has 0 atom stereocenters. The van der Waals surface area contributed by atoms with Gasteiger partial charge in [0.25, 0.3) is 0 Å². The van der Waals surface area contributed by atoms with Gasteiger partial charge in [0.1, 0.15) is 0 Å². The summed E-state index contributed by atoms with van der Waals surface area (Å²) < 4.78 is 2.45. The molecule has 3 heterocycles. The van der Waals surface area contributed by atoms with Gasteiger partial charge in [-0.3, -0.25) is 0 Å². The molecule has 8 aromatic rings. The van der Waals surface area contributed by atoms with Crippen molar-refractivity contribution in [2.45, 2.75) is 66.2 Å². The molecule has 2 nitrogen and oxygen atoms in total. The predicted octanol–water partition coefficient (Wildman–Crippen LogP) is 16.0. The summed E-state index contributed by atoms with van der Waals surface area (Å²) in [5.74, 6) is 0. The number of unbranched alkanes of at least 4 members (excludes halogenated alkanes) is 2. The number of fused-ring (bicyclic) bond motifs is 3. The fraction of sp³-hybridized carbons (Fsp3) is 0.192. The van der Waals surface area contributed by atoms with E-state index >= 15 is 0 Å². The van der Waals surface area contributed by atoms with Crippen molar-refractivity contribution in [1.29, 1.82) is 0 Å². The first-order valence-electron chi connectivity index (χ1n) is 19.8. The third kappa shape index (κ3) is 7.56. The standard InChI is InChI=1S/C52H50N2S2/c1-7-9-11-13-45-27-29-51(55-45)39-15-19-41(20-16-39)53(42-21-17-40(18-22-42)52-30-28-46(56-52)14-12-10-8-2)43-23-25-44(26-24-43)54-49-33-37(5)35(3)31-47(49)48-32-36(4)38(6)34-50(48)54/h7-8,15-34H,1-2,9-14H2,3-6H3. The smallest absolute Gasteiger partial charge is 0.0543 e. The van der Waals surface area contributed by atoms with Crippen LogP contribution in [0.25, 0.3) is 48.4 Å². The highest BCUT2D eigenvalue weighted by atomic mass is 32.1. The van der Waals surface area contributed by atoms with Crippen molar-refractivity contribution in [3.8, 4) is 26.6 Å². The molecule has 0 radical (unpaired) electrons. The quantitative estimate of drug-likeness (QED) is 0.0790. The molecule has 0 amide bonds. The summed E-state index contributed by atoms with van der Waals surface area (Å²) in [7, 11) is 0. The molecule has 3 aromatic heterocycles. The molecule has 5 aromatic carbocycles. The van der Waals surface area contributed by atoms with Gasteiger partial charge in [-0.05, 0) is 197 Å². The monoisotopic (exact) mass is 766 g/mol. The number of hydrogen-bond acceptors (Lipinski definition) is 3. The molecule has 0 aliphatic carbocycles. The molecule has 0 saturated heterocycles. The largest absolute Gasteiger partial charge is 0.311 e. The molecule has 0 spiro atoms. The number of benzene rings is 5. The second kappa shape index (κ2) is 16.4. The maximum absolute atomic E-state index is 3.89. The fourth-order valence-electron chi connectivity index (χ4n) is 7.73. The molecule has 56 heavy (non-hydrogen) atoms. The van der Waals surface area contributed by atoms with E-state index in [1.807, 2.05) is 34.8 Å². The Morgan fingerprint density at radius 3 is 1.30 bits per heavy atom. The first-order chi connectivity index (χ1) is 27.3. The second-order valence-corrected chi connectivity index (χ2v) is 17.4. The lowest BCUT2D eigenvalue weighted by Gasteiger charge is -2.26. The van der Waals surface area contributed by atoms with Gasteiger partial charge in [-0.2, -0.15) is 0 Å². The maximum atomic E-state index is 3.89. The second-order valence-electron chi connectivity index (χ2n) is 15.1. The van der Waals surface area contributed by atoms with Crippen molar-refractivity contribution in [3.63, 3.8) is 0 Å². The van der Waals surface area contributed by atoms with Crippen LogP contribution in [0.1, 0.15) is 57.7 Å². The first-order valence-corrected chi connectivity index (χ1v) is 21.5. The Balaban J connectivity index is 1.17. The number of hydrogen-bond donors (Lipinski definition) is 0. The van der Waals surface area contributed by atoms with Crippen LogP contribution in [0.3, 0.4) is 0 Å². The minimum atomic E-state index is 1.06. The highest BCUT2D eigenvalue weighted by Gasteiger charge is 2.18. The van der Waals surface area contributed by atoms with Gasteiger partial charge in [0.15, 0.2) is 0 Å². The summed E-state index contributed by atoms with van der Waals surface area (Å²) in [6.07, 6.45) is 10.6. The molecule has 0 saturated carbocycles. The Kier molecular flexibility index (Phi) is 11.0. The van der Waals surface area contributed by atoms with Crippen LogP contribution < -0.4 is 4.90 Å². The van der Waals surface area contributed by atoms with Gasteiger partial charge in [0.2, 0.25) is 0 Å². The Bertz CT molecular complexity index is 2490. The van der Waals surface area contributed by atoms with Crippen LogP contribution in [-0.2, 0) is 12.8 Å². The van der Waals surface area contributed by atoms with Crippen molar-refractivity contribution < 1.29 is 0 Å². The minimum Gasteiger partial charge on any atom is -0.311 e. The number of aromatic nitrogens is 1. The number of aryl methyl sites for hydroxylation is 6. The molecule has 0 aliphatic heterocycles. The fourth-order valence-corrected chi connectivity index (χ4v) is 9.84. The SMILES string of the molecule is C=CCCCc1ccc(-c2ccc(N(c3ccc(-c4ccc(CCCC=C)s4)cc3)c3ccc(-n4c5cc(C)c(C)cc5c5cc(C)c(C)cc54)cc3)cc2)s1. The molecule has 0 bridgehead atoms. The maximum Gasteiger partial charge on any atom is 0.0543 e. The lowest BCUT2D eigenvalue weighted by molar-refractivity contribution is 0.856. The van der Waals surface area contributed by atoms with E-state index in [9.17, 15) is 0 Å². The van der Waals surface area contributed by atoms with Gasteiger partial charge in [-0.15, -0.1) is 35.8 Å². The van der Waals surface area contributed by atoms with E-state index in [1.54, 1.807) is 0 Å². The summed E-state index contributed by atoms with van der Waals surface area (Å²) in [4.78, 5) is 7.87. The van der Waals surface area contributed by atoms with Crippen LogP contribution in [0, 0.1) is 27.7 Å². The van der Waals surface area contributed by atoms with Crippen molar-refractivity contribution in [2.75, 3.05) is 4.90 Å². The minimum absolute atomic E-state index is 1.06. The third-order valence-electron chi connectivity index (χ3n) is 11.2. The summed E-state index contributed by atoms with van der Waals surface area (Å²) >= 11 is 3.80. The highest BCUT2D eigenvalue weighted by Crippen LogP contribution is 2.40. The van der Waals surface area contributed by atoms with E-state index in [2.05, 4.69) is 172 Å². The van der Waals surface area contributed by atoms with Crippen molar-refractivity contribution >= 4 is 61.5 Å². The van der Waals surface area contributed by atoms with Crippen LogP contribution in [-0.4, -0.2) is 4.57 Å². The number of rotatable bonds is 14. The molecule has 280 valence electrons. The zero-order chi connectivity index (χ0) is 38.8. The topological polar surface area (TPSA) is 8.17 Å². The van der Waals surface area contributed by atoms with Crippen LogP contribution >= 0.6 is 22.7 Å². The molecule has 0 aliphatic rings. The molecule has 8 rings (SSSR count). The number of allylic oxidation sites excluding steroid dienone is 2. The van der Waals surface area contributed by atoms with Crippen LogP contribution in [0.4, 0.5) is 17.1 Å². The van der Waals surface area contributed by atoms with E-state index in [0.29, 0.717) is 0 Å². The van der Waals surface area contributed by atoms with Crippen LogP contribution in [0.5, 0.6) is 0 Å². The average molecular weight is 767 g/mol. The molecule has 4 heteroatoms. The van der Waals surface area contributed by atoms with Gasteiger partial charge >= 0.3 is 0 Å². The Labute approximate surface area is 340 Å². The summed E-state index contributed by atoms with van der Waals surface area (Å²) in [5, 5.41) is 2.61. The summed E-state index contributed by atoms with van der Waals surface area (Å²) in [5.41, 5.74) is 14.8. The number of nitrogens with zero attached hydrogens (tertiary/aromatic N) is 2. The summed E-state index contributed by atoms with van der Waals surface area (Å²) in [6.45, 7) is 16.6. The van der Waals surface area contributed by atoms with E-state index in [-0.39, 0.29) is 0 Å². The molecule has 0 N–H and O–H groups in total. The van der Waals surface area contributed by atoms with Gasteiger partial charge in [-0.1, -0.05) is 36.4 Å². The zero-order valence-electron chi connectivity index (χ0n) is 33.1. The van der Waals surface area contributed by atoms with E-state index in [0.717, 1.165) is 61.3 Å². The zero-order valence-corrected chi connectivity index (χ0v) is 34.7. The van der Waals surface area contributed by atoms with Crippen LogP contribution in [0.15, 0.2) is 147 Å².